The van der Waals surface area contributed by atoms with Gasteiger partial charge in [-0.05, 0) is 17.7 Å². The number of esters is 1. The zero-order valence-corrected chi connectivity index (χ0v) is 11.1. The van der Waals surface area contributed by atoms with Crippen LogP contribution in [-0.2, 0) is 11.3 Å². The molecule has 0 saturated heterocycles. The predicted molar refractivity (Wildman–Crippen MR) is 70.0 cm³/mol. The van der Waals surface area contributed by atoms with Crippen LogP contribution in [0.5, 0.6) is 0 Å². The Kier molecular flexibility index (Phi) is 4.11. The number of anilines is 1. The van der Waals surface area contributed by atoms with E-state index in [1.165, 1.54) is 18.4 Å². The number of pyridine rings is 1. The molecule has 1 N–H and O–H groups in total. The number of nitrogens with zero attached hydrogens (tertiary/aromatic N) is 2. The molecule has 0 radical (unpaired) electrons. The van der Waals surface area contributed by atoms with Crippen molar-refractivity contribution in [2.24, 2.45) is 0 Å². The van der Waals surface area contributed by atoms with Gasteiger partial charge in [-0.2, -0.15) is 0 Å². The highest BCUT2D eigenvalue weighted by atomic mass is 35.5. The molecular weight excluding hydrogens is 274 g/mol. The van der Waals surface area contributed by atoms with Crippen LogP contribution >= 0.6 is 22.9 Å². The molecule has 0 aromatic carbocycles. The van der Waals surface area contributed by atoms with Gasteiger partial charge in [-0.25, -0.2) is 9.78 Å². The van der Waals surface area contributed by atoms with Crippen molar-refractivity contribution in [2.45, 2.75) is 6.54 Å². The predicted octanol–water partition coefficient (Wildman–Crippen LogP) is 2.59. The first kappa shape index (κ1) is 12.8. The van der Waals surface area contributed by atoms with Crippen LogP contribution in [0, 0.1) is 0 Å². The molecule has 0 saturated carbocycles. The van der Waals surface area contributed by atoms with Gasteiger partial charge < -0.3 is 10.1 Å². The number of thiazole rings is 1. The summed E-state index contributed by atoms with van der Waals surface area (Å²) < 4.78 is 4.60. The molecule has 2 aromatic rings. The zero-order chi connectivity index (χ0) is 13.0. The van der Waals surface area contributed by atoms with Gasteiger partial charge in [-0.15, -0.1) is 0 Å². The smallest absolute Gasteiger partial charge is 0.351 e. The molecule has 94 valence electrons. The van der Waals surface area contributed by atoms with Crippen molar-refractivity contribution >= 4 is 34.0 Å². The summed E-state index contributed by atoms with van der Waals surface area (Å²) in [6, 6.07) is 3.78. The molecule has 18 heavy (non-hydrogen) atoms. The first-order valence-electron chi connectivity index (χ1n) is 5.08. The van der Waals surface area contributed by atoms with E-state index in [4.69, 9.17) is 11.6 Å². The second-order valence-electron chi connectivity index (χ2n) is 3.34. The lowest BCUT2D eigenvalue weighted by Gasteiger charge is -2.01. The van der Waals surface area contributed by atoms with Crippen LogP contribution in [0.3, 0.4) is 0 Å². The standard InChI is InChI=1S/C11H10ClN3O2S/c1-17-10(16)8-9(12)15-11(18-8)14-6-7-2-4-13-5-3-7/h2-5H,6H2,1H3,(H,14,15). The van der Waals surface area contributed by atoms with Gasteiger partial charge in [-0.3, -0.25) is 4.98 Å². The minimum Gasteiger partial charge on any atom is -0.465 e. The van der Waals surface area contributed by atoms with Crippen molar-refractivity contribution in [3.05, 3.63) is 40.1 Å². The van der Waals surface area contributed by atoms with E-state index < -0.39 is 5.97 Å². The molecule has 5 nitrogen and oxygen atoms in total. The Morgan fingerprint density at radius 2 is 2.22 bits per heavy atom. The van der Waals surface area contributed by atoms with E-state index in [2.05, 4.69) is 20.0 Å². The quantitative estimate of drug-likeness (QED) is 0.874. The first-order chi connectivity index (χ1) is 8.70. The Bertz CT molecular complexity index is 544. The molecule has 2 rings (SSSR count). The number of ether oxygens (including phenoxy) is 1. The largest absolute Gasteiger partial charge is 0.465 e. The van der Waals surface area contributed by atoms with Crippen LogP contribution in [0.25, 0.3) is 0 Å². The van der Waals surface area contributed by atoms with Gasteiger partial charge >= 0.3 is 5.97 Å². The molecule has 0 aliphatic heterocycles. The molecule has 0 atom stereocenters. The number of rotatable bonds is 4. The minimum absolute atomic E-state index is 0.157. The van der Waals surface area contributed by atoms with E-state index in [-0.39, 0.29) is 5.15 Å². The number of aromatic nitrogens is 2. The van der Waals surface area contributed by atoms with E-state index in [0.29, 0.717) is 16.6 Å². The number of methoxy groups -OCH3 is 1. The minimum atomic E-state index is -0.477. The number of halogens is 1. The summed E-state index contributed by atoms with van der Waals surface area (Å²) in [6.07, 6.45) is 3.43. The van der Waals surface area contributed by atoms with Crippen LogP contribution in [0.4, 0.5) is 5.13 Å². The lowest BCUT2D eigenvalue weighted by atomic mass is 10.3. The molecule has 0 bridgehead atoms. The number of hydrogen-bond donors (Lipinski definition) is 1. The molecule has 0 aliphatic carbocycles. The van der Waals surface area contributed by atoms with Gasteiger partial charge in [0.25, 0.3) is 0 Å². The lowest BCUT2D eigenvalue weighted by Crippen LogP contribution is -1.98. The van der Waals surface area contributed by atoms with E-state index in [1.54, 1.807) is 12.4 Å². The third-order valence-corrected chi connectivity index (χ3v) is 3.53. The van der Waals surface area contributed by atoms with E-state index >= 15 is 0 Å². The Morgan fingerprint density at radius 1 is 1.50 bits per heavy atom. The maximum atomic E-state index is 11.3. The van der Waals surface area contributed by atoms with E-state index in [1.807, 2.05) is 12.1 Å². The van der Waals surface area contributed by atoms with E-state index in [9.17, 15) is 4.79 Å². The van der Waals surface area contributed by atoms with Crippen molar-refractivity contribution in [2.75, 3.05) is 12.4 Å². The number of nitrogens with one attached hydrogen (secondary N) is 1. The summed E-state index contributed by atoms with van der Waals surface area (Å²) in [5.74, 6) is -0.477. The summed E-state index contributed by atoms with van der Waals surface area (Å²) in [7, 11) is 1.31. The van der Waals surface area contributed by atoms with Crippen LogP contribution in [0.15, 0.2) is 24.5 Å². The Morgan fingerprint density at radius 3 is 2.89 bits per heavy atom. The Labute approximate surface area is 113 Å². The van der Waals surface area contributed by atoms with Crippen LogP contribution in [0.1, 0.15) is 15.2 Å². The van der Waals surface area contributed by atoms with E-state index in [0.717, 1.165) is 5.56 Å². The molecule has 0 amide bonds. The normalized spacial score (nSPS) is 10.1. The Balaban J connectivity index is 2.05. The molecule has 0 unspecified atom stereocenters. The summed E-state index contributed by atoms with van der Waals surface area (Å²) in [6.45, 7) is 0.590. The molecule has 2 heterocycles. The van der Waals surface area contributed by atoms with Gasteiger partial charge in [0.15, 0.2) is 15.2 Å². The highest BCUT2D eigenvalue weighted by Crippen LogP contribution is 2.27. The maximum absolute atomic E-state index is 11.3. The van der Waals surface area contributed by atoms with Crippen molar-refractivity contribution in [3.8, 4) is 0 Å². The van der Waals surface area contributed by atoms with Gasteiger partial charge in [-0.1, -0.05) is 22.9 Å². The van der Waals surface area contributed by atoms with Gasteiger partial charge in [0.2, 0.25) is 0 Å². The second kappa shape index (κ2) is 5.79. The van der Waals surface area contributed by atoms with Crippen LogP contribution in [0.2, 0.25) is 5.15 Å². The number of carbonyl (C=O) groups is 1. The third-order valence-electron chi connectivity index (χ3n) is 2.15. The summed E-state index contributed by atoms with van der Waals surface area (Å²) in [5.41, 5.74) is 1.07. The van der Waals surface area contributed by atoms with Gasteiger partial charge in [0.05, 0.1) is 7.11 Å². The van der Waals surface area contributed by atoms with Gasteiger partial charge in [0, 0.05) is 18.9 Å². The molecule has 2 aromatic heterocycles. The fourth-order valence-electron chi connectivity index (χ4n) is 1.27. The molecule has 0 spiro atoms. The number of hydrogen-bond acceptors (Lipinski definition) is 6. The van der Waals surface area contributed by atoms with Crippen molar-refractivity contribution in [1.82, 2.24) is 9.97 Å². The maximum Gasteiger partial charge on any atom is 0.351 e. The summed E-state index contributed by atoms with van der Waals surface area (Å²) in [5, 5.41) is 3.83. The molecular formula is C11H10ClN3O2S. The monoisotopic (exact) mass is 283 g/mol. The van der Waals surface area contributed by atoms with Crippen molar-refractivity contribution < 1.29 is 9.53 Å². The van der Waals surface area contributed by atoms with Crippen molar-refractivity contribution in [1.29, 1.82) is 0 Å². The SMILES string of the molecule is COC(=O)c1sc(NCc2ccncc2)nc1Cl. The third kappa shape index (κ3) is 2.96. The Hall–Kier alpha value is -1.66. The molecule has 0 aliphatic rings. The molecule has 7 heteroatoms. The van der Waals surface area contributed by atoms with Crippen LogP contribution < -0.4 is 5.32 Å². The average molecular weight is 284 g/mol. The molecule has 0 fully saturated rings. The zero-order valence-electron chi connectivity index (χ0n) is 9.51. The summed E-state index contributed by atoms with van der Waals surface area (Å²) in [4.78, 5) is 19.6. The summed E-state index contributed by atoms with van der Waals surface area (Å²) >= 11 is 7.02. The highest BCUT2D eigenvalue weighted by Gasteiger charge is 2.16. The highest BCUT2D eigenvalue weighted by molar-refractivity contribution is 7.18. The fraction of sp³-hybridized carbons (Fsp3) is 0.182. The number of carbonyl (C=O) groups excluding carboxylic acids is 1. The average Bonchev–Trinajstić information content (AvgIpc) is 2.78. The van der Waals surface area contributed by atoms with Crippen molar-refractivity contribution in [3.63, 3.8) is 0 Å². The van der Waals surface area contributed by atoms with Gasteiger partial charge in [0.1, 0.15) is 0 Å². The fourth-order valence-corrected chi connectivity index (χ4v) is 2.37. The lowest BCUT2D eigenvalue weighted by molar-refractivity contribution is 0.0606. The topological polar surface area (TPSA) is 64.1 Å². The first-order valence-corrected chi connectivity index (χ1v) is 6.27. The second-order valence-corrected chi connectivity index (χ2v) is 4.70. The van der Waals surface area contributed by atoms with Crippen LogP contribution in [-0.4, -0.2) is 23.0 Å².